The van der Waals surface area contributed by atoms with Crippen LogP contribution in [0.4, 0.5) is 4.39 Å². The third-order valence-electron chi connectivity index (χ3n) is 1.78. The molecule has 1 atom stereocenters. The summed E-state index contributed by atoms with van der Waals surface area (Å²) in [5, 5.41) is 2.11. The van der Waals surface area contributed by atoms with Crippen LogP contribution in [0.2, 0.25) is 0 Å². The molecular formula is C7H10FN3O2. The number of rotatable bonds is 2. The molecule has 0 radical (unpaired) electrons. The van der Waals surface area contributed by atoms with E-state index in [-0.39, 0.29) is 6.54 Å². The SMILES string of the molecule is CCN1C(F)=CNC(=O)C1C(N)=O. The fraction of sp³-hybridized carbons (Fsp3) is 0.429. The largest absolute Gasteiger partial charge is 0.367 e. The first-order valence-corrected chi connectivity index (χ1v) is 3.80. The lowest BCUT2D eigenvalue weighted by molar-refractivity contribution is -0.135. The van der Waals surface area contributed by atoms with Crippen LogP contribution in [0.15, 0.2) is 12.2 Å². The molecule has 0 aliphatic carbocycles. The van der Waals surface area contributed by atoms with Crippen LogP contribution >= 0.6 is 0 Å². The number of halogens is 1. The molecule has 0 bridgehead atoms. The maximum Gasteiger partial charge on any atom is 0.256 e. The standard InChI is InChI=1S/C7H10FN3O2/c1-2-11-4(8)3-10-7(13)5(11)6(9)12/h3,5H,2H2,1H3,(H2,9,12)(H,10,13). The van der Waals surface area contributed by atoms with Crippen LogP contribution in [0.5, 0.6) is 0 Å². The highest BCUT2D eigenvalue weighted by atomic mass is 19.1. The van der Waals surface area contributed by atoms with Crippen LogP contribution < -0.4 is 11.1 Å². The Bertz CT molecular complexity index is 277. The van der Waals surface area contributed by atoms with Crippen molar-refractivity contribution in [1.29, 1.82) is 0 Å². The zero-order chi connectivity index (χ0) is 10.0. The minimum Gasteiger partial charge on any atom is -0.367 e. The van der Waals surface area contributed by atoms with E-state index < -0.39 is 23.8 Å². The van der Waals surface area contributed by atoms with Gasteiger partial charge in [0, 0.05) is 6.54 Å². The average Bonchev–Trinajstić information content (AvgIpc) is 2.07. The van der Waals surface area contributed by atoms with E-state index in [4.69, 9.17) is 5.73 Å². The molecular weight excluding hydrogens is 177 g/mol. The maximum atomic E-state index is 13.0. The number of carbonyl (C=O) groups is 2. The van der Waals surface area contributed by atoms with Gasteiger partial charge in [-0.25, -0.2) is 0 Å². The third-order valence-corrected chi connectivity index (χ3v) is 1.78. The molecule has 1 aliphatic rings. The number of hydrogen-bond donors (Lipinski definition) is 2. The Morgan fingerprint density at radius 2 is 2.46 bits per heavy atom. The Hall–Kier alpha value is -1.59. The van der Waals surface area contributed by atoms with Crippen LogP contribution in [-0.2, 0) is 9.59 Å². The molecule has 0 aromatic rings. The van der Waals surface area contributed by atoms with E-state index in [1.807, 2.05) is 0 Å². The highest BCUT2D eigenvalue weighted by Gasteiger charge is 2.34. The fourth-order valence-corrected chi connectivity index (χ4v) is 1.17. The summed E-state index contributed by atoms with van der Waals surface area (Å²) in [5.74, 6) is -2.12. The Balaban J connectivity index is 2.96. The van der Waals surface area contributed by atoms with Gasteiger partial charge in [0.25, 0.3) is 5.91 Å². The molecule has 1 unspecified atom stereocenters. The number of primary amides is 1. The van der Waals surface area contributed by atoms with Gasteiger partial charge in [-0.3, -0.25) is 9.59 Å². The smallest absolute Gasteiger partial charge is 0.256 e. The lowest BCUT2D eigenvalue weighted by Gasteiger charge is -2.30. The molecule has 72 valence electrons. The van der Waals surface area contributed by atoms with E-state index in [0.717, 1.165) is 11.1 Å². The first-order valence-electron chi connectivity index (χ1n) is 3.80. The molecule has 3 N–H and O–H groups in total. The van der Waals surface area contributed by atoms with Crippen molar-refractivity contribution >= 4 is 11.8 Å². The summed E-state index contributed by atoms with van der Waals surface area (Å²) in [6, 6.07) is -1.24. The molecule has 1 rings (SSSR count). The normalized spacial score (nSPS) is 22.3. The topological polar surface area (TPSA) is 75.4 Å². The van der Waals surface area contributed by atoms with E-state index in [0.29, 0.717) is 0 Å². The number of amides is 2. The van der Waals surface area contributed by atoms with Gasteiger partial charge in [-0.15, -0.1) is 0 Å². The molecule has 1 aliphatic heterocycles. The number of hydrogen-bond acceptors (Lipinski definition) is 3. The summed E-state index contributed by atoms with van der Waals surface area (Å²) < 4.78 is 13.0. The highest BCUT2D eigenvalue weighted by Crippen LogP contribution is 2.13. The molecule has 0 spiro atoms. The molecule has 6 heteroatoms. The monoisotopic (exact) mass is 187 g/mol. The van der Waals surface area contributed by atoms with Crippen LogP contribution in [0.1, 0.15) is 6.92 Å². The van der Waals surface area contributed by atoms with Crippen molar-refractivity contribution in [2.75, 3.05) is 6.54 Å². The van der Waals surface area contributed by atoms with E-state index in [2.05, 4.69) is 5.32 Å². The third kappa shape index (κ3) is 1.61. The minimum atomic E-state index is -1.24. The highest BCUT2D eigenvalue weighted by molar-refractivity contribution is 6.04. The number of nitrogens with zero attached hydrogens (tertiary/aromatic N) is 1. The van der Waals surface area contributed by atoms with Crippen molar-refractivity contribution in [2.45, 2.75) is 13.0 Å². The van der Waals surface area contributed by atoms with E-state index >= 15 is 0 Å². The maximum absolute atomic E-state index is 13.0. The van der Waals surface area contributed by atoms with Gasteiger partial charge in [0.1, 0.15) is 0 Å². The number of carbonyl (C=O) groups excluding carboxylic acids is 2. The minimum absolute atomic E-state index is 0.212. The molecule has 5 nitrogen and oxygen atoms in total. The first-order chi connectivity index (χ1) is 6.07. The Morgan fingerprint density at radius 3 is 2.85 bits per heavy atom. The van der Waals surface area contributed by atoms with Gasteiger partial charge in [-0.1, -0.05) is 0 Å². The van der Waals surface area contributed by atoms with Crippen LogP contribution in [0.3, 0.4) is 0 Å². The van der Waals surface area contributed by atoms with Gasteiger partial charge in [-0.2, -0.15) is 4.39 Å². The quantitative estimate of drug-likeness (QED) is 0.432. The first kappa shape index (κ1) is 9.50. The summed E-state index contributed by atoms with van der Waals surface area (Å²) in [6.45, 7) is 1.84. The second-order valence-corrected chi connectivity index (χ2v) is 2.57. The van der Waals surface area contributed by atoms with Crippen LogP contribution in [0.25, 0.3) is 0 Å². The zero-order valence-electron chi connectivity index (χ0n) is 7.08. The number of nitrogens with two attached hydrogens (primary N) is 1. The molecule has 0 aromatic carbocycles. The summed E-state index contributed by atoms with van der Waals surface area (Å²) in [6.07, 6.45) is 0.908. The van der Waals surface area contributed by atoms with Crippen molar-refractivity contribution in [3.63, 3.8) is 0 Å². The molecule has 2 amide bonds. The van der Waals surface area contributed by atoms with Gasteiger partial charge in [-0.05, 0) is 6.92 Å². The van der Waals surface area contributed by atoms with Gasteiger partial charge in [0.15, 0.2) is 6.04 Å². The van der Waals surface area contributed by atoms with Gasteiger partial charge < -0.3 is 16.0 Å². The Morgan fingerprint density at radius 1 is 1.85 bits per heavy atom. The van der Waals surface area contributed by atoms with Crippen LogP contribution in [-0.4, -0.2) is 29.3 Å². The van der Waals surface area contributed by atoms with Gasteiger partial charge >= 0.3 is 0 Å². The van der Waals surface area contributed by atoms with Gasteiger partial charge in [0.2, 0.25) is 11.9 Å². The average molecular weight is 187 g/mol. The van der Waals surface area contributed by atoms with Crippen molar-refractivity contribution < 1.29 is 14.0 Å². The van der Waals surface area contributed by atoms with Crippen LogP contribution in [0, 0.1) is 0 Å². The van der Waals surface area contributed by atoms with E-state index in [1.165, 1.54) is 0 Å². The molecule has 13 heavy (non-hydrogen) atoms. The molecule has 0 aromatic heterocycles. The second kappa shape index (κ2) is 3.42. The molecule has 0 saturated heterocycles. The lowest BCUT2D eigenvalue weighted by atomic mass is 10.2. The Labute approximate surface area is 74.4 Å². The summed E-state index contributed by atoms with van der Waals surface area (Å²) >= 11 is 0. The second-order valence-electron chi connectivity index (χ2n) is 2.57. The zero-order valence-corrected chi connectivity index (χ0v) is 7.08. The number of nitrogens with one attached hydrogen (secondary N) is 1. The molecule has 1 heterocycles. The van der Waals surface area contributed by atoms with Crippen molar-refractivity contribution in [2.24, 2.45) is 5.73 Å². The predicted octanol–water partition coefficient (Wildman–Crippen LogP) is -0.940. The molecule has 0 fully saturated rings. The van der Waals surface area contributed by atoms with Crippen molar-refractivity contribution in [1.82, 2.24) is 10.2 Å². The number of likely N-dealkylation sites (N-methyl/N-ethyl adjacent to an activating group) is 1. The summed E-state index contributed by atoms with van der Waals surface area (Å²) in [4.78, 5) is 22.9. The lowest BCUT2D eigenvalue weighted by Crippen LogP contribution is -2.55. The van der Waals surface area contributed by atoms with Gasteiger partial charge in [0.05, 0.1) is 6.20 Å². The summed E-state index contributed by atoms with van der Waals surface area (Å²) in [5.41, 5.74) is 4.95. The molecule has 0 saturated carbocycles. The van der Waals surface area contributed by atoms with Crippen molar-refractivity contribution in [3.8, 4) is 0 Å². The Kier molecular flexibility index (Phi) is 2.50. The fourth-order valence-electron chi connectivity index (χ4n) is 1.17. The predicted molar refractivity (Wildman–Crippen MR) is 42.7 cm³/mol. The summed E-state index contributed by atoms with van der Waals surface area (Å²) in [7, 11) is 0. The van der Waals surface area contributed by atoms with E-state index in [9.17, 15) is 14.0 Å². The van der Waals surface area contributed by atoms with Crippen molar-refractivity contribution in [3.05, 3.63) is 12.2 Å². The van der Waals surface area contributed by atoms with E-state index in [1.54, 1.807) is 6.92 Å².